The minimum absolute atomic E-state index is 0.0557. The van der Waals surface area contributed by atoms with Crippen LogP contribution in [0.4, 0.5) is 4.79 Å². The number of H-pyrrole nitrogens is 1. The summed E-state index contributed by atoms with van der Waals surface area (Å²) in [6.45, 7) is 4.99. The Hall–Kier alpha value is -2.95. The molecule has 1 amide bonds. The van der Waals surface area contributed by atoms with Crippen molar-refractivity contribution in [1.29, 1.82) is 0 Å². The van der Waals surface area contributed by atoms with Gasteiger partial charge in [0.2, 0.25) is 0 Å². The molecule has 4 rings (SSSR count). The predicted octanol–water partition coefficient (Wildman–Crippen LogP) is 4.31. The van der Waals surface area contributed by atoms with Gasteiger partial charge < -0.3 is 19.4 Å². The number of carbonyl (C=O) groups is 1. The van der Waals surface area contributed by atoms with Crippen molar-refractivity contribution >= 4 is 17.0 Å². The summed E-state index contributed by atoms with van der Waals surface area (Å²) < 4.78 is 11.4. The third-order valence-corrected chi connectivity index (χ3v) is 5.14. The monoisotopic (exact) mass is 364 g/mol. The van der Waals surface area contributed by atoms with E-state index in [4.69, 9.17) is 9.47 Å². The highest BCUT2D eigenvalue weighted by atomic mass is 16.6. The number of cyclic esters (lactones) is 1. The Kier molecular flexibility index (Phi) is 4.75. The first kappa shape index (κ1) is 17.5. The van der Waals surface area contributed by atoms with Crippen LogP contribution in [-0.2, 0) is 11.2 Å². The summed E-state index contributed by atoms with van der Waals surface area (Å²) in [4.78, 5) is 17.4. The molecule has 2 heterocycles. The first-order valence-corrected chi connectivity index (χ1v) is 9.32. The van der Waals surface area contributed by atoms with Crippen molar-refractivity contribution in [2.45, 2.75) is 32.4 Å². The summed E-state index contributed by atoms with van der Waals surface area (Å²) in [7, 11) is 0. The van der Waals surface area contributed by atoms with Crippen molar-refractivity contribution in [3.63, 3.8) is 0 Å². The number of amides is 1. The molecule has 1 aliphatic rings. The lowest BCUT2D eigenvalue weighted by atomic mass is 10.1. The van der Waals surface area contributed by atoms with Gasteiger partial charge in [0, 0.05) is 23.1 Å². The third-order valence-electron chi connectivity index (χ3n) is 5.14. The number of nitrogens with zero attached hydrogens (tertiary/aromatic N) is 1. The SMILES string of the molecule is Cc1ccccc1OCC1CN(C(C)Cc2c[nH]c3ccccc23)C(=O)O1. The molecular formula is C22H24N2O3. The molecule has 0 saturated carbocycles. The van der Waals surface area contributed by atoms with Gasteiger partial charge in [-0.1, -0.05) is 36.4 Å². The van der Waals surface area contributed by atoms with E-state index in [2.05, 4.69) is 24.0 Å². The number of hydrogen-bond donors (Lipinski definition) is 1. The molecule has 2 unspecified atom stereocenters. The Morgan fingerprint density at radius 1 is 1.22 bits per heavy atom. The van der Waals surface area contributed by atoms with Crippen LogP contribution in [0.25, 0.3) is 10.9 Å². The molecule has 0 radical (unpaired) electrons. The van der Waals surface area contributed by atoms with Crippen LogP contribution in [0.3, 0.4) is 0 Å². The van der Waals surface area contributed by atoms with E-state index in [1.807, 2.05) is 49.5 Å². The molecule has 1 aliphatic heterocycles. The van der Waals surface area contributed by atoms with E-state index in [-0.39, 0.29) is 18.2 Å². The maximum absolute atomic E-state index is 12.3. The summed E-state index contributed by atoms with van der Waals surface area (Å²) in [6, 6.07) is 16.1. The lowest BCUT2D eigenvalue weighted by Gasteiger charge is -2.21. The summed E-state index contributed by atoms with van der Waals surface area (Å²) >= 11 is 0. The summed E-state index contributed by atoms with van der Waals surface area (Å²) in [5.41, 5.74) is 3.41. The average Bonchev–Trinajstić information content (AvgIpc) is 3.25. The van der Waals surface area contributed by atoms with Gasteiger partial charge in [0.05, 0.1) is 6.54 Å². The number of nitrogens with one attached hydrogen (secondary N) is 1. The predicted molar refractivity (Wildman–Crippen MR) is 105 cm³/mol. The molecule has 0 spiro atoms. The zero-order valence-electron chi connectivity index (χ0n) is 15.6. The fourth-order valence-corrected chi connectivity index (χ4v) is 3.62. The van der Waals surface area contributed by atoms with E-state index in [0.717, 1.165) is 23.3 Å². The molecule has 1 saturated heterocycles. The number of hydrogen-bond acceptors (Lipinski definition) is 3. The molecular weight excluding hydrogens is 340 g/mol. The second kappa shape index (κ2) is 7.35. The standard InChI is InChI=1S/C22H24N2O3/c1-15-7-3-6-10-21(15)26-14-18-13-24(22(25)27-18)16(2)11-17-12-23-20-9-5-4-8-19(17)20/h3-10,12,16,18,23H,11,13-14H2,1-2H3. The smallest absolute Gasteiger partial charge is 0.410 e. The van der Waals surface area contributed by atoms with Gasteiger partial charge in [-0.15, -0.1) is 0 Å². The van der Waals surface area contributed by atoms with E-state index in [1.165, 1.54) is 10.9 Å². The van der Waals surface area contributed by atoms with Gasteiger partial charge in [-0.3, -0.25) is 0 Å². The number of fused-ring (bicyclic) bond motifs is 1. The largest absolute Gasteiger partial charge is 0.489 e. The van der Waals surface area contributed by atoms with Crippen LogP contribution >= 0.6 is 0 Å². The average molecular weight is 364 g/mol. The van der Waals surface area contributed by atoms with Crippen LogP contribution in [0.15, 0.2) is 54.7 Å². The number of rotatable bonds is 6. The maximum Gasteiger partial charge on any atom is 0.410 e. The molecule has 1 fully saturated rings. The van der Waals surface area contributed by atoms with E-state index < -0.39 is 0 Å². The highest BCUT2D eigenvalue weighted by Crippen LogP contribution is 2.24. The molecule has 3 aromatic rings. The number of aromatic nitrogens is 1. The Labute approximate surface area is 158 Å². The normalized spacial score (nSPS) is 17.9. The van der Waals surface area contributed by atoms with Crippen LogP contribution < -0.4 is 4.74 Å². The molecule has 1 aromatic heterocycles. The van der Waals surface area contributed by atoms with Crippen LogP contribution in [0.2, 0.25) is 0 Å². The maximum atomic E-state index is 12.3. The Morgan fingerprint density at radius 3 is 2.85 bits per heavy atom. The molecule has 5 heteroatoms. The van der Waals surface area contributed by atoms with Crippen LogP contribution in [0, 0.1) is 6.92 Å². The van der Waals surface area contributed by atoms with E-state index in [0.29, 0.717) is 13.2 Å². The van der Waals surface area contributed by atoms with Crippen LogP contribution in [-0.4, -0.2) is 41.3 Å². The molecule has 2 atom stereocenters. The van der Waals surface area contributed by atoms with Gasteiger partial charge in [0.15, 0.2) is 6.10 Å². The zero-order chi connectivity index (χ0) is 18.8. The molecule has 2 aromatic carbocycles. The minimum Gasteiger partial charge on any atom is -0.489 e. The molecule has 27 heavy (non-hydrogen) atoms. The van der Waals surface area contributed by atoms with Gasteiger partial charge in [0.1, 0.15) is 12.4 Å². The van der Waals surface area contributed by atoms with Crippen molar-refractivity contribution in [3.8, 4) is 5.75 Å². The van der Waals surface area contributed by atoms with Crippen molar-refractivity contribution < 1.29 is 14.3 Å². The molecule has 0 bridgehead atoms. The van der Waals surface area contributed by atoms with Crippen molar-refractivity contribution in [2.75, 3.05) is 13.2 Å². The third kappa shape index (κ3) is 3.63. The minimum atomic E-state index is -0.263. The van der Waals surface area contributed by atoms with Gasteiger partial charge in [-0.25, -0.2) is 4.79 Å². The first-order valence-electron chi connectivity index (χ1n) is 9.32. The fourth-order valence-electron chi connectivity index (χ4n) is 3.62. The highest BCUT2D eigenvalue weighted by molar-refractivity contribution is 5.83. The van der Waals surface area contributed by atoms with E-state index >= 15 is 0 Å². The topological polar surface area (TPSA) is 54.6 Å². The molecule has 140 valence electrons. The Balaban J connectivity index is 1.38. The number of carbonyl (C=O) groups excluding carboxylic acids is 1. The number of ether oxygens (including phenoxy) is 2. The first-order chi connectivity index (χ1) is 13.1. The van der Waals surface area contributed by atoms with Crippen LogP contribution in [0.5, 0.6) is 5.75 Å². The second-order valence-electron chi connectivity index (χ2n) is 7.15. The summed E-state index contributed by atoms with van der Waals surface area (Å²) in [6.07, 6.45) is 2.30. The lowest BCUT2D eigenvalue weighted by molar-refractivity contribution is 0.101. The highest BCUT2D eigenvalue weighted by Gasteiger charge is 2.35. The fraction of sp³-hybridized carbons (Fsp3) is 0.318. The van der Waals surface area contributed by atoms with E-state index in [1.54, 1.807) is 4.90 Å². The van der Waals surface area contributed by atoms with Gasteiger partial charge in [-0.05, 0) is 43.5 Å². The van der Waals surface area contributed by atoms with E-state index in [9.17, 15) is 4.79 Å². The summed E-state index contributed by atoms with van der Waals surface area (Å²) in [5, 5.41) is 1.20. The van der Waals surface area contributed by atoms with Crippen LogP contribution in [0.1, 0.15) is 18.1 Å². The zero-order valence-corrected chi connectivity index (χ0v) is 15.6. The Bertz CT molecular complexity index is 949. The number of aryl methyl sites for hydroxylation is 1. The van der Waals surface area contributed by atoms with Gasteiger partial charge in [-0.2, -0.15) is 0 Å². The number of para-hydroxylation sites is 2. The Morgan fingerprint density at radius 2 is 2.00 bits per heavy atom. The van der Waals surface area contributed by atoms with Gasteiger partial charge in [0.25, 0.3) is 0 Å². The lowest BCUT2D eigenvalue weighted by Crippen LogP contribution is -2.36. The number of aromatic amines is 1. The quantitative estimate of drug-likeness (QED) is 0.709. The number of benzene rings is 2. The second-order valence-corrected chi connectivity index (χ2v) is 7.15. The molecule has 0 aliphatic carbocycles. The summed E-state index contributed by atoms with van der Waals surface area (Å²) in [5.74, 6) is 0.832. The van der Waals surface area contributed by atoms with Crippen molar-refractivity contribution in [2.24, 2.45) is 0 Å². The molecule has 5 nitrogen and oxygen atoms in total. The van der Waals surface area contributed by atoms with Crippen molar-refractivity contribution in [3.05, 3.63) is 65.9 Å². The van der Waals surface area contributed by atoms with Gasteiger partial charge >= 0.3 is 6.09 Å². The van der Waals surface area contributed by atoms with Crippen molar-refractivity contribution in [1.82, 2.24) is 9.88 Å². The molecule has 1 N–H and O–H groups in total.